The SMILES string of the molecule is NNC(c1cnc(C(F)(F)F)s1)c1cccc(F)c1Cl. The summed E-state index contributed by atoms with van der Waals surface area (Å²) in [6.07, 6.45) is -3.49. The van der Waals surface area contributed by atoms with Crippen LogP contribution in [0, 0.1) is 5.82 Å². The summed E-state index contributed by atoms with van der Waals surface area (Å²) in [6, 6.07) is 3.15. The fraction of sp³-hybridized carbons (Fsp3) is 0.182. The molecule has 0 aliphatic heterocycles. The summed E-state index contributed by atoms with van der Waals surface area (Å²) in [6.45, 7) is 0. The summed E-state index contributed by atoms with van der Waals surface area (Å²) in [5, 5.41) is -1.20. The van der Waals surface area contributed by atoms with E-state index in [0.29, 0.717) is 11.3 Å². The maximum absolute atomic E-state index is 13.4. The van der Waals surface area contributed by atoms with Gasteiger partial charge in [0.2, 0.25) is 0 Å². The zero-order valence-corrected chi connectivity index (χ0v) is 11.3. The molecule has 0 aliphatic rings. The topological polar surface area (TPSA) is 50.9 Å². The molecule has 1 heterocycles. The zero-order chi connectivity index (χ0) is 14.9. The molecule has 0 bridgehead atoms. The lowest BCUT2D eigenvalue weighted by atomic mass is 10.1. The van der Waals surface area contributed by atoms with Crippen molar-refractivity contribution in [3.8, 4) is 0 Å². The lowest BCUT2D eigenvalue weighted by Gasteiger charge is -2.16. The van der Waals surface area contributed by atoms with E-state index in [1.807, 2.05) is 0 Å². The van der Waals surface area contributed by atoms with Crippen LogP contribution in [0.1, 0.15) is 21.5 Å². The average molecular weight is 326 g/mol. The number of benzene rings is 1. The second-order valence-corrected chi connectivity index (χ2v) is 5.25. The standard InChI is InChI=1S/C11H8ClF4N3S/c12-8-5(2-1-3-6(8)13)9(19-17)7-4-18-10(20-7)11(14,15)16/h1-4,9,19H,17H2. The molecule has 2 aromatic rings. The molecule has 2 rings (SSSR count). The molecular weight excluding hydrogens is 318 g/mol. The van der Waals surface area contributed by atoms with Gasteiger partial charge in [-0.2, -0.15) is 13.2 Å². The molecule has 1 atom stereocenters. The Morgan fingerprint density at radius 3 is 2.60 bits per heavy atom. The van der Waals surface area contributed by atoms with Gasteiger partial charge in [-0.3, -0.25) is 5.84 Å². The minimum absolute atomic E-state index is 0.187. The molecule has 3 nitrogen and oxygen atoms in total. The molecule has 0 aliphatic carbocycles. The highest BCUT2D eigenvalue weighted by Crippen LogP contribution is 2.37. The van der Waals surface area contributed by atoms with Crippen LogP contribution in [0.2, 0.25) is 5.02 Å². The number of halogens is 5. The number of nitrogens with two attached hydrogens (primary N) is 1. The minimum Gasteiger partial charge on any atom is -0.271 e. The van der Waals surface area contributed by atoms with Crippen LogP contribution in [-0.2, 0) is 6.18 Å². The molecule has 0 saturated heterocycles. The smallest absolute Gasteiger partial charge is 0.271 e. The van der Waals surface area contributed by atoms with E-state index in [9.17, 15) is 17.6 Å². The number of alkyl halides is 3. The fourth-order valence-electron chi connectivity index (χ4n) is 1.62. The summed E-state index contributed by atoms with van der Waals surface area (Å²) >= 11 is 6.23. The van der Waals surface area contributed by atoms with Crippen LogP contribution >= 0.6 is 22.9 Å². The average Bonchev–Trinajstić information content (AvgIpc) is 2.85. The molecule has 1 unspecified atom stereocenters. The van der Waals surface area contributed by atoms with E-state index in [1.54, 1.807) is 0 Å². The molecule has 3 N–H and O–H groups in total. The van der Waals surface area contributed by atoms with Crippen molar-refractivity contribution in [2.75, 3.05) is 0 Å². The minimum atomic E-state index is -4.53. The van der Waals surface area contributed by atoms with Crippen molar-refractivity contribution in [1.82, 2.24) is 10.4 Å². The third-order valence-electron chi connectivity index (χ3n) is 2.51. The third kappa shape index (κ3) is 2.93. The van der Waals surface area contributed by atoms with Gasteiger partial charge in [-0.15, -0.1) is 11.3 Å². The van der Waals surface area contributed by atoms with E-state index in [-0.39, 0.29) is 15.5 Å². The molecule has 0 fully saturated rings. The van der Waals surface area contributed by atoms with Gasteiger partial charge in [-0.05, 0) is 11.6 Å². The quantitative estimate of drug-likeness (QED) is 0.516. The van der Waals surface area contributed by atoms with E-state index >= 15 is 0 Å². The summed E-state index contributed by atoms with van der Waals surface area (Å²) in [5.41, 5.74) is 2.56. The fourth-order valence-corrected chi connectivity index (χ4v) is 2.72. The first kappa shape index (κ1) is 15.2. The highest BCUT2D eigenvalue weighted by Gasteiger charge is 2.35. The second-order valence-electron chi connectivity index (χ2n) is 3.81. The molecule has 1 aromatic carbocycles. The van der Waals surface area contributed by atoms with Gasteiger partial charge in [0, 0.05) is 11.1 Å². The Bertz CT molecular complexity index is 614. The van der Waals surface area contributed by atoms with Gasteiger partial charge in [0.1, 0.15) is 5.82 Å². The van der Waals surface area contributed by atoms with E-state index in [4.69, 9.17) is 17.4 Å². The number of thiazole rings is 1. The predicted octanol–water partition coefficient (Wildman–Crippen LogP) is 3.51. The summed E-state index contributed by atoms with van der Waals surface area (Å²) in [4.78, 5) is 3.48. The largest absolute Gasteiger partial charge is 0.443 e. The molecule has 108 valence electrons. The van der Waals surface area contributed by atoms with E-state index < -0.39 is 23.0 Å². The Morgan fingerprint density at radius 1 is 1.35 bits per heavy atom. The molecule has 0 amide bonds. The Labute approximate surface area is 120 Å². The molecule has 1 aromatic heterocycles. The van der Waals surface area contributed by atoms with Crippen molar-refractivity contribution in [1.29, 1.82) is 0 Å². The maximum atomic E-state index is 13.4. The number of nitrogens with zero attached hydrogens (tertiary/aromatic N) is 1. The van der Waals surface area contributed by atoms with Crippen molar-refractivity contribution in [3.05, 3.63) is 50.7 Å². The summed E-state index contributed by atoms with van der Waals surface area (Å²) in [5.74, 6) is 4.66. The Morgan fingerprint density at radius 2 is 2.05 bits per heavy atom. The van der Waals surface area contributed by atoms with Crippen LogP contribution in [0.15, 0.2) is 24.4 Å². The van der Waals surface area contributed by atoms with Crippen molar-refractivity contribution < 1.29 is 17.6 Å². The van der Waals surface area contributed by atoms with E-state index in [0.717, 1.165) is 12.3 Å². The lowest BCUT2D eigenvalue weighted by Crippen LogP contribution is -2.28. The van der Waals surface area contributed by atoms with Crippen molar-refractivity contribution in [2.24, 2.45) is 5.84 Å². The Hall–Kier alpha value is -1.22. The first-order chi connectivity index (χ1) is 9.34. The van der Waals surface area contributed by atoms with Crippen LogP contribution in [0.4, 0.5) is 17.6 Å². The third-order valence-corrected chi connectivity index (χ3v) is 4.02. The highest BCUT2D eigenvalue weighted by atomic mass is 35.5. The van der Waals surface area contributed by atoms with Gasteiger partial charge < -0.3 is 0 Å². The number of nitrogens with one attached hydrogen (secondary N) is 1. The number of aromatic nitrogens is 1. The maximum Gasteiger partial charge on any atom is 0.443 e. The van der Waals surface area contributed by atoms with Gasteiger partial charge >= 0.3 is 6.18 Å². The van der Waals surface area contributed by atoms with Crippen LogP contribution in [0.25, 0.3) is 0 Å². The Kier molecular flexibility index (Phi) is 4.28. The summed E-state index contributed by atoms with van der Waals surface area (Å²) < 4.78 is 51.0. The van der Waals surface area contributed by atoms with Crippen LogP contribution in [0.5, 0.6) is 0 Å². The van der Waals surface area contributed by atoms with Crippen LogP contribution in [-0.4, -0.2) is 4.98 Å². The van der Waals surface area contributed by atoms with E-state index in [2.05, 4.69) is 10.4 Å². The number of hydrogen-bond acceptors (Lipinski definition) is 4. The normalized spacial score (nSPS) is 13.5. The zero-order valence-electron chi connectivity index (χ0n) is 9.71. The monoisotopic (exact) mass is 325 g/mol. The predicted molar refractivity (Wildman–Crippen MR) is 67.7 cm³/mol. The number of rotatable bonds is 3. The van der Waals surface area contributed by atoms with Gasteiger partial charge in [0.15, 0.2) is 5.01 Å². The van der Waals surface area contributed by atoms with E-state index in [1.165, 1.54) is 12.1 Å². The van der Waals surface area contributed by atoms with Gasteiger partial charge in [-0.1, -0.05) is 23.7 Å². The van der Waals surface area contributed by atoms with Gasteiger partial charge in [-0.25, -0.2) is 14.8 Å². The molecule has 20 heavy (non-hydrogen) atoms. The highest BCUT2D eigenvalue weighted by molar-refractivity contribution is 7.11. The van der Waals surface area contributed by atoms with Gasteiger partial charge in [0.25, 0.3) is 0 Å². The first-order valence-electron chi connectivity index (χ1n) is 5.27. The van der Waals surface area contributed by atoms with Crippen LogP contribution in [0.3, 0.4) is 0 Å². The molecular formula is C11H8ClF4N3S. The second kappa shape index (κ2) is 5.65. The molecule has 0 spiro atoms. The van der Waals surface area contributed by atoms with Crippen molar-refractivity contribution >= 4 is 22.9 Å². The lowest BCUT2D eigenvalue weighted by molar-refractivity contribution is -0.137. The van der Waals surface area contributed by atoms with Crippen molar-refractivity contribution in [2.45, 2.75) is 12.2 Å². The number of hydrogen-bond donors (Lipinski definition) is 2. The summed E-state index contributed by atoms with van der Waals surface area (Å²) in [7, 11) is 0. The molecule has 9 heteroatoms. The first-order valence-corrected chi connectivity index (χ1v) is 6.47. The Balaban J connectivity index is 2.43. The molecule has 0 radical (unpaired) electrons. The number of hydrazine groups is 1. The van der Waals surface area contributed by atoms with Crippen LogP contribution < -0.4 is 11.3 Å². The van der Waals surface area contributed by atoms with Crippen molar-refractivity contribution in [3.63, 3.8) is 0 Å². The van der Waals surface area contributed by atoms with Gasteiger partial charge in [0.05, 0.1) is 11.1 Å². The molecule has 0 saturated carbocycles.